The summed E-state index contributed by atoms with van der Waals surface area (Å²) in [5.41, 5.74) is 3.09. The number of benzene rings is 3. The summed E-state index contributed by atoms with van der Waals surface area (Å²) < 4.78 is 7.15. The summed E-state index contributed by atoms with van der Waals surface area (Å²) in [6.45, 7) is 3.62. The molecule has 0 N–H and O–H groups in total. The lowest BCUT2D eigenvalue weighted by atomic mass is 10.0. The molecule has 0 aliphatic carbocycles. The topological polar surface area (TPSA) is 61.2 Å². The third-order valence-electron chi connectivity index (χ3n) is 5.28. The first-order valence-corrected chi connectivity index (χ1v) is 11.9. The molecule has 7 heteroatoms. The summed E-state index contributed by atoms with van der Waals surface area (Å²) in [6.07, 6.45) is 0. The minimum Gasteiger partial charge on any atom is -0.474 e. The highest BCUT2D eigenvalue weighted by Gasteiger charge is 2.16. The number of para-hydroxylation sites is 1. The third-order valence-corrected chi connectivity index (χ3v) is 6.47. The van der Waals surface area contributed by atoms with E-state index < -0.39 is 5.56 Å². The van der Waals surface area contributed by atoms with Crippen molar-refractivity contribution in [2.24, 2.45) is 7.05 Å². The Labute approximate surface area is 201 Å². The summed E-state index contributed by atoms with van der Waals surface area (Å²) >= 11 is 7.43. The predicted molar refractivity (Wildman–Crippen MR) is 134 cm³/mol. The number of carbonyl (C=O) groups excluding carboxylic acids is 1. The Bertz CT molecular complexity index is 1380. The van der Waals surface area contributed by atoms with Gasteiger partial charge in [0, 0.05) is 18.4 Å². The lowest BCUT2D eigenvalue weighted by Gasteiger charge is -2.12. The minimum atomic E-state index is -0.540. The summed E-state index contributed by atoms with van der Waals surface area (Å²) in [7, 11) is 1.74. The number of hydrogen-bond donors (Lipinski definition) is 0. The molecule has 4 rings (SSSR count). The zero-order chi connectivity index (χ0) is 23.5. The smallest absolute Gasteiger partial charge is 0.262 e. The third kappa shape index (κ3) is 4.97. The van der Waals surface area contributed by atoms with Gasteiger partial charge in [-0.1, -0.05) is 71.9 Å². The molecule has 0 radical (unpaired) electrons. The van der Waals surface area contributed by atoms with Crippen molar-refractivity contribution in [2.45, 2.75) is 30.3 Å². The van der Waals surface area contributed by atoms with Gasteiger partial charge in [0.2, 0.25) is 0 Å². The largest absolute Gasteiger partial charge is 0.474 e. The number of hydrogen-bond acceptors (Lipinski definition) is 5. The zero-order valence-electron chi connectivity index (χ0n) is 18.5. The van der Waals surface area contributed by atoms with Gasteiger partial charge in [0.05, 0.1) is 16.5 Å². The molecule has 0 spiro atoms. The molecule has 0 bridgehead atoms. The average Bonchev–Trinajstić information content (AvgIpc) is 2.80. The zero-order valence-corrected chi connectivity index (χ0v) is 20.1. The van der Waals surface area contributed by atoms with Crippen LogP contribution in [-0.4, -0.2) is 20.9 Å². The second-order valence-corrected chi connectivity index (χ2v) is 9.26. The molecule has 0 aliphatic rings. The maximum absolute atomic E-state index is 13.0. The van der Waals surface area contributed by atoms with Gasteiger partial charge in [-0.2, -0.15) is 0 Å². The van der Waals surface area contributed by atoms with Crippen molar-refractivity contribution in [3.05, 3.63) is 99.3 Å². The van der Waals surface area contributed by atoms with Crippen LogP contribution in [0.2, 0.25) is 0 Å². The van der Waals surface area contributed by atoms with E-state index in [0.29, 0.717) is 38.7 Å². The van der Waals surface area contributed by atoms with Crippen LogP contribution >= 0.6 is 23.4 Å². The molecule has 1 unspecified atom stereocenters. The van der Waals surface area contributed by atoms with Crippen molar-refractivity contribution in [1.29, 1.82) is 0 Å². The standard InChI is InChI=1S/C26H23ClN2O3S/c1-16-7-6-9-21-23(16)25(31)29(3)26(28-21)33-15-18-11-13-19(14-12-18)24(30)20-8-4-5-10-22(20)32-17(2)27/h4-14,17H,15H2,1-3H3. The summed E-state index contributed by atoms with van der Waals surface area (Å²) in [5, 5.41) is 1.31. The molecule has 1 heterocycles. The van der Waals surface area contributed by atoms with Gasteiger partial charge < -0.3 is 4.74 Å². The van der Waals surface area contributed by atoms with Crippen LogP contribution in [0, 0.1) is 6.92 Å². The Hall–Kier alpha value is -3.09. The molecule has 0 aliphatic heterocycles. The van der Waals surface area contributed by atoms with Crippen molar-refractivity contribution in [3.8, 4) is 5.75 Å². The normalized spacial score (nSPS) is 12.0. The molecular weight excluding hydrogens is 456 g/mol. The number of ketones is 1. The maximum atomic E-state index is 13.0. The van der Waals surface area contributed by atoms with E-state index in [1.165, 1.54) is 11.8 Å². The molecule has 0 saturated heterocycles. The fraction of sp³-hybridized carbons (Fsp3) is 0.192. The van der Waals surface area contributed by atoms with Crippen LogP contribution in [0.1, 0.15) is 34.0 Å². The van der Waals surface area contributed by atoms with E-state index in [1.54, 1.807) is 54.9 Å². The Balaban J connectivity index is 1.52. The number of aromatic nitrogens is 2. The van der Waals surface area contributed by atoms with Crippen LogP contribution in [0.5, 0.6) is 5.75 Å². The SMILES string of the molecule is Cc1cccc2nc(SCc3ccc(C(=O)c4ccccc4OC(C)Cl)cc3)n(C)c(=O)c12. The van der Waals surface area contributed by atoms with E-state index in [9.17, 15) is 9.59 Å². The molecule has 33 heavy (non-hydrogen) atoms. The van der Waals surface area contributed by atoms with Crippen molar-refractivity contribution in [3.63, 3.8) is 0 Å². The Morgan fingerprint density at radius 3 is 2.55 bits per heavy atom. The fourth-order valence-corrected chi connectivity index (χ4v) is 4.60. The van der Waals surface area contributed by atoms with Gasteiger partial charge in [-0.05, 0) is 43.2 Å². The van der Waals surface area contributed by atoms with Crippen LogP contribution in [0.15, 0.2) is 76.7 Å². The molecule has 0 saturated carbocycles. The monoisotopic (exact) mass is 478 g/mol. The highest BCUT2D eigenvalue weighted by molar-refractivity contribution is 7.98. The summed E-state index contributed by atoms with van der Waals surface area (Å²) in [6, 6.07) is 20.2. The number of alkyl halides is 1. The number of carbonyl (C=O) groups is 1. The van der Waals surface area contributed by atoms with E-state index in [1.807, 2.05) is 37.3 Å². The van der Waals surface area contributed by atoms with E-state index in [2.05, 4.69) is 4.98 Å². The van der Waals surface area contributed by atoms with Gasteiger partial charge in [0.15, 0.2) is 16.5 Å². The number of aryl methyl sites for hydroxylation is 1. The summed E-state index contributed by atoms with van der Waals surface area (Å²) in [4.78, 5) is 30.5. The Morgan fingerprint density at radius 2 is 1.82 bits per heavy atom. The van der Waals surface area contributed by atoms with E-state index in [-0.39, 0.29) is 11.3 Å². The lowest BCUT2D eigenvalue weighted by molar-refractivity contribution is 0.103. The number of fused-ring (bicyclic) bond motifs is 1. The number of rotatable bonds is 7. The highest BCUT2D eigenvalue weighted by Crippen LogP contribution is 2.25. The number of nitrogens with zero attached hydrogens (tertiary/aromatic N) is 2. The van der Waals surface area contributed by atoms with Crippen molar-refractivity contribution >= 4 is 40.0 Å². The van der Waals surface area contributed by atoms with Crippen molar-refractivity contribution < 1.29 is 9.53 Å². The lowest BCUT2D eigenvalue weighted by Crippen LogP contribution is -2.20. The van der Waals surface area contributed by atoms with E-state index in [0.717, 1.165) is 11.1 Å². The van der Waals surface area contributed by atoms with Crippen molar-refractivity contribution in [1.82, 2.24) is 9.55 Å². The minimum absolute atomic E-state index is 0.0475. The van der Waals surface area contributed by atoms with Gasteiger partial charge in [0.1, 0.15) is 5.75 Å². The van der Waals surface area contributed by atoms with Crippen LogP contribution in [0.25, 0.3) is 10.9 Å². The number of thioether (sulfide) groups is 1. The van der Waals surface area contributed by atoms with Crippen LogP contribution in [-0.2, 0) is 12.8 Å². The highest BCUT2D eigenvalue weighted by atomic mass is 35.5. The van der Waals surface area contributed by atoms with Crippen molar-refractivity contribution in [2.75, 3.05) is 0 Å². The molecule has 0 fully saturated rings. The van der Waals surface area contributed by atoms with Gasteiger partial charge in [-0.25, -0.2) is 4.98 Å². The maximum Gasteiger partial charge on any atom is 0.262 e. The Kier molecular flexibility index (Phi) is 6.86. The molecule has 1 atom stereocenters. The van der Waals surface area contributed by atoms with E-state index >= 15 is 0 Å². The van der Waals surface area contributed by atoms with Crippen LogP contribution in [0.4, 0.5) is 0 Å². The van der Waals surface area contributed by atoms with Crippen LogP contribution < -0.4 is 10.3 Å². The molecule has 168 valence electrons. The Morgan fingerprint density at radius 1 is 1.09 bits per heavy atom. The second kappa shape index (κ2) is 9.81. The van der Waals surface area contributed by atoms with Gasteiger partial charge >= 0.3 is 0 Å². The first-order chi connectivity index (χ1) is 15.8. The molecule has 5 nitrogen and oxygen atoms in total. The molecule has 1 aromatic heterocycles. The van der Waals surface area contributed by atoms with Gasteiger partial charge in [-0.15, -0.1) is 0 Å². The number of halogens is 1. The average molecular weight is 479 g/mol. The first-order valence-electron chi connectivity index (χ1n) is 10.5. The fourth-order valence-electron chi connectivity index (χ4n) is 3.57. The number of ether oxygens (including phenoxy) is 1. The molecule has 0 amide bonds. The predicted octanol–water partition coefficient (Wildman–Crippen LogP) is 5.73. The van der Waals surface area contributed by atoms with Gasteiger partial charge in [-0.3, -0.25) is 14.2 Å². The summed E-state index contributed by atoms with van der Waals surface area (Å²) in [5.74, 6) is 0.953. The molecule has 4 aromatic rings. The first kappa shape index (κ1) is 23.1. The quantitative estimate of drug-likeness (QED) is 0.147. The molecular formula is C26H23ClN2O3S. The molecule has 3 aromatic carbocycles. The second-order valence-electron chi connectivity index (χ2n) is 7.70. The van der Waals surface area contributed by atoms with E-state index in [4.69, 9.17) is 16.3 Å². The van der Waals surface area contributed by atoms with Crippen LogP contribution in [0.3, 0.4) is 0 Å². The van der Waals surface area contributed by atoms with Gasteiger partial charge in [0.25, 0.3) is 5.56 Å².